The standard InChI is InChI=1S/C20H21NO5.C12H23N/c1-12(18(22)10-19(23)24)21-20(25)26-11-17-15-8-4-2-6-13(15)14-7-3-5-9-16(14)17;1-3-7-11(8-4-1)13-12-9-5-2-6-10-12/h2-9,12,17-18,22H,10-11H2,1H3,(H,21,25)(H,23,24);11-13H,1-10H2. The van der Waals surface area contributed by atoms with Crippen LogP contribution in [0, 0.1) is 0 Å². The van der Waals surface area contributed by atoms with Gasteiger partial charge < -0.3 is 25.6 Å². The van der Waals surface area contributed by atoms with Crippen LogP contribution < -0.4 is 10.6 Å². The molecule has 7 nitrogen and oxygen atoms in total. The van der Waals surface area contributed by atoms with E-state index in [0.717, 1.165) is 34.3 Å². The smallest absolute Gasteiger partial charge is 0.407 e. The average molecular weight is 537 g/mol. The second-order valence-electron chi connectivity index (χ2n) is 11.3. The lowest BCUT2D eigenvalue weighted by molar-refractivity contribution is -0.139. The number of carboxylic acids is 1. The minimum atomic E-state index is -1.17. The van der Waals surface area contributed by atoms with Crippen LogP contribution in [0.1, 0.15) is 94.6 Å². The number of carboxylic acid groups (broad SMARTS) is 1. The van der Waals surface area contributed by atoms with E-state index in [1.165, 1.54) is 71.1 Å². The summed E-state index contributed by atoms with van der Waals surface area (Å²) in [4.78, 5) is 22.7. The summed E-state index contributed by atoms with van der Waals surface area (Å²) >= 11 is 0. The van der Waals surface area contributed by atoms with Crippen molar-refractivity contribution in [3.8, 4) is 11.1 Å². The first-order valence-corrected chi connectivity index (χ1v) is 14.7. The number of carbonyl (C=O) groups is 2. The number of ether oxygens (including phenoxy) is 1. The zero-order valence-corrected chi connectivity index (χ0v) is 23.1. The van der Waals surface area contributed by atoms with E-state index in [4.69, 9.17) is 9.84 Å². The van der Waals surface area contributed by atoms with Gasteiger partial charge >= 0.3 is 12.1 Å². The lowest BCUT2D eigenvalue weighted by atomic mass is 9.91. The van der Waals surface area contributed by atoms with E-state index < -0.39 is 30.6 Å². The molecule has 0 spiro atoms. The summed E-state index contributed by atoms with van der Waals surface area (Å²) in [5, 5.41) is 24.8. The fourth-order valence-electron chi connectivity index (χ4n) is 6.15. The van der Waals surface area contributed by atoms with E-state index in [1.807, 2.05) is 36.4 Å². The molecule has 4 N–H and O–H groups in total. The minimum Gasteiger partial charge on any atom is -0.481 e. The molecular weight excluding hydrogens is 492 g/mol. The third-order valence-corrected chi connectivity index (χ3v) is 8.33. The number of aliphatic hydroxyl groups excluding tert-OH is 1. The van der Waals surface area contributed by atoms with Gasteiger partial charge in [-0.1, -0.05) is 87.1 Å². The summed E-state index contributed by atoms with van der Waals surface area (Å²) in [5.41, 5.74) is 4.51. The average Bonchev–Trinajstić information content (AvgIpc) is 3.27. The number of amides is 1. The maximum absolute atomic E-state index is 12.0. The Labute approximate surface area is 232 Å². The highest BCUT2D eigenvalue weighted by Gasteiger charge is 2.29. The SMILES string of the molecule is C1CCC(NC2CCCCC2)CC1.CC(NC(=O)OCC1c2ccccc2-c2ccccc21)C(O)CC(=O)O. The number of alkyl carbamates (subject to hydrolysis) is 1. The molecule has 0 radical (unpaired) electrons. The molecule has 1 amide bonds. The highest BCUT2D eigenvalue weighted by Crippen LogP contribution is 2.44. The maximum atomic E-state index is 12.0. The van der Waals surface area contributed by atoms with Crippen LogP contribution in [-0.4, -0.2) is 53.1 Å². The van der Waals surface area contributed by atoms with Gasteiger partial charge in [0.1, 0.15) is 6.61 Å². The number of rotatable bonds is 8. The van der Waals surface area contributed by atoms with Gasteiger partial charge in [0.2, 0.25) is 0 Å². The monoisotopic (exact) mass is 536 g/mol. The lowest BCUT2D eigenvalue weighted by Crippen LogP contribution is -2.42. The molecule has 2 aromatic carbocycles. The van der Waals surface area contributed by atoms with Crippen molar-refractivity contribution >= 4 is 12.1 Å². The summed E-state index contributed by atoms with van der Waals surface area (Å²) in [6.07, 6.45) is 12.3. The van der Waals surface area contributed by atoms with Gasteiger partial charge in [-0.3, -0.25) is 4.79 Å². The number of carbonyl (C=O) groups excluding carboxylic acids is 1. The molecule has 3 aliphatic carbocycles. The van der Waals surface area contributed by atoms with Crippen LogP contribution in [0.3, 0.4) is 0 Å². The van der Waals surface area contributed by atoms with Gasteiger partial charge in [0.25, 0.3) is 0 Å². The van der Waals surface area contributed by atoms with Gasteiger partial charge in [-0.15, -0.1) is 0 Å². The molecule has 212 valence electrons. The van der Waals surface area contributed by atoms with Crippen LogP contribution in [0.15, 0.2) is 48.5 Å². The van der Waals surface area contributed by atoms with E-state index in [2.05, 4.69) is 22.8 Å². The Morgan fingerprint density at radius 2 is 1.33 bits per heavy atom. The van der Waals surface area contributed by atoms with Crippen molar-refractivity contribution in [3.05, 3.63) is 59.7 Å². The first-order valence-electron chi connectivity index (χ1n) is 14.7. The Balaban J connectivity index is 0.000000226. The second-order valence-corrected chi connectivity index (χ2v) is 11.3. The van der Waals surface area contributed by atoms with Crippen molar-refractivity contribution in [2.75, 3.05) is 6.61 Å². The van der Waals surface area contributed by atoms with Crippen molar-refractivity contribution in [2.45, 2.75) is 108 Å². The van der Waals surface area contributed by atoms with Crippen molar-refractivity contribution < 1.29 is 24.5 Å². The summed E-state index contributed by atoms with van der Waals surface area (Å²) in [5.74, 6) is -1.17. The van der Waals surface area contributed by atoms with Crippen molar-refractivity contribution in [2.24, 2.45) is 0 Å². The third-order valence-electron chi connectivity index (χ3n) is 8.33. The molecule has 2 saturated carbocycles. The van der Waals surface area contributed by atoms with Gasteiger partial charge in [0.05, 0.1) is 18.6 Å². The van der Waals surface area contributed by atoms with E-state index in [-0.39, 0.29) is 12.5 Å². The summed E-state index contributed by atoms with van der Waals surface area (Å²) in [6.45, 7) is 1.71. The number of nitrogens with one attached hydrogen (secondary N) is 2. The van der Waals surface area contributed by atoms with E-state index >= 15 is 0 Å². The molecule has 2 unspecified atom stereocenters. The Hall–Kier alpha value is -2.90. The summed E-state index contributed by atoms with van der Waals surface area (Å²) in [7, 11) is 0. The first-order chi connectivity index (χ1) is 18.9. The molecule has 0 bridgehead atoms. The van der Waals surface area contributed by atoms with Crippen LogP contribution in [0.5, 0.6) is 0 Å². The van der Waals surface area contributed by atoms with Crippen molar-refractivity contribution in [3.63, 3.8) is 0 Å². The number of aliphatic hydroxyl groups is 1. The van der Waals surface area contributed by atoms with Crippen molar-refractivity contribution in [1.82, 2.24) is 10.6 Å². The highest BCUT2D eigenvalue weighted by molar-refractivity contribution is 5.79. The molecule has 2 aromatic rings. The fourth-order valence-corrected chi connectivity index (χ4v) is 6.15. The molecule has 0 heterocycles. The van der Waals surface area contributed by atoms with Crippen LogP contribution >= 0.6 is 0 Å². The van der Waals surface area contributed by atoms with Crippen molar-refractivity contribution in [1.29, 1.82) is 0 Å². The predicted molar refractivity (Wildman–Crippen MR) is 153 cm³/mol. The highest BCUT2D eigenvalue weighted by atomic mass is 16.5. The fraction of sp³-hybridized carbons (Fsp3) is 0.562. The number of benzene rings is 2. The Morgan fingerprint density at radius 1 is 0.846 bits per heavy atom. The molecule has 0 saturated heterocycles. The molecule has 0 aliphatic heterocycles. The number of hydrogen-bond donors (Lipinski definition) is 4. The van der Waals surface area contributed by atoms with Gasteiger partial charge in [0.15, 0.2) is 0 Å². The lowest BCUT2D eigenvalue weighted by Gasteiger charge is -2.30. The molecular formula is C32H44N2O5. The molecule has 2 fully saturated rings. The van der Waals surface area contributed by atoms with Crippen LogP contribution in [0.25, 0.3) is 11.1 Å². The van der Waals surface area contributed by atoms with Gasteiger partial charge in [-0.05, 0) is 54.9 Å². The Kier molecular flexibility index (Phi) is 10.8. The summed E-state index contributed by atoms with van der Waals surface area (Å²) < 4.78 is 5.36. The number of hydrogen-bond acceptors (Lipinski definition) is 5. The topological polar surface area (TPSA) is 108 Å². The maximum Gasteiger partial charge on any atom is 0.407 e. The third kappa shape index (κ3) is 8.29. The van der Waals surface area contributed by atoms with E-state index in [0.29, 0.717) is 0 Å². The van der Waals surface area contributed by atoms with Gasteiger partial charge in [-0.2, -0.15) is 0 Å². The number of aliphatic carboxylic acids is 1. The molecule has 3 aliphatic rings. The zero-order chi connectivity index (χ0) is 27.6. The van der Waals surface area contributed by atoms with Gasteiger partial charge in [-0.25, -0.2) is 4.79 Å². The summed E-state index contributed by atoms with van der Waals surface area (Å²) in [6, 6.07) is 17.1. The van der Waals surface area contributed by atoms with E-state index in [9.17, 15) is 14.7 Å². The van der Waals surface area contributed by atoms with Gasteiger partial charge in [0, 0.05) is 18.0 Å². The quantitative estimate of drug-likeness (QED) is 0.330. The second kappa shape index (κ2) is 14.5. The Bertz CT molecular complexity index is 1020. The molecule has 5 rings (SSSR count). The molecule has 7 heteroatoms. The normalized spacial score (nSPS) is 19.1. The molecule has 39 heavy (non-hydrogen) atoms. The van der Waals surface area contributed by atoms with Crippen LogP contribution in [0.2, 0.25) is 0 Å². The Morgan fingerprint density at radius 3 is 1.82 bits per heavy atom. The van der Waals surface area contributed by atoms with E-state index in [1.54, 1.807) is 0 Å². The van der Waals surface area contributed by atoms with Crippen LogP contribution in [-0.2, 0) is 9.53 Å². The predicted octanol–water partition coefficient (Wildman–Crippen LogP) is 5.99. The first kappa shape index (κ1) is 29.1. The molecule has 0 aromatic heterocycles. The van der Waals surface area contributed by atoms with Crippen LogP contribution in [0.4, 0.5) is 4.79 Å². The minimum absolute atomic E-state index is 0.0487. The zero-order valence-electron chi connectivity index (χ0n) is 23.1. The number of fused-ring (bicyclic) bond motifs is 3. The molecule has 2 atom stereocenters. The largest absolute Gasteiger partial charge is 0.481 e.